The quantitative estimate of drug-likeness (QED) is 0.375. The third-order valence-electron chi connectivity index (χ3n) is 6.35. The number of alkyl halides is 3. The van der Waals surface area contributed by atoms with Crippen LogP contribution in [0.25, 0.3) is 16.7 Å². The van der Waals surface area contributed by atoms with Crippen molar-refractivity contribution in [1.82, 2.24) is 0 Å². The van der Waals surface area contributed by atoms with E-state index in [1.807, 2.05) is 32.9 Å². The Morgan fingerprint density at radius 1 is 1.09 bits per heavy atom. The van der Waals surface area contributed by atoms with Crippen LogP contribution in [0.5, 0.6) is 17.2 Å². The van der Waals surface area contributed by atoms with Crippen molar-refractivity contribution in [3.05, 3.63) is 75.8 Å². The number of phenols is 1. The Morgan fingerprint density at radius 2 is 1.83 bits per heavy atom. The van der Waals surface area contributed by atoms with Crippen molar-refractivity contribution in [2.24, 2.45) is 0 Å². The van der Waals surface area contributed by atoms with E-state index in [1.165, 1.54) is 19.2 Å². The second-order valence-electron chi connectivity index (χ2n) is 9.35. The van der Waals surface area contributed by atoms with Crippen LogP contribution in [0, 0.1) is 0 Å². The molecule has 0 saturated carbocycles. The van der Waals surface area contributed by atoms with Gasteiger partial charge in [0, 0.05) is 16.8 Å². The third-order valence-corrected chi connectivity index (χ3v) is 6.68. The van der Waals surface area contributed by atoms with Gasteiger partial charge in [-0.25, -0.2) is 0 Å². The minimum absolute atomic E-state index is 0.0608. The lowest BCUT2D eigenvalue weighted by Gasteiger charge is -2.37. The fourth-order valence-corrected chi connectivity index (χ4v) is 5.32. The number of aromatic hydroxyl groups is 1. The van der Waals surface area contributed by atoms with Gasteiger partial charge in [-0.05, 0) is 67.8 Å². The normalized spacial score (nSPS) is 17.8. The van der Waals surface area contributed by atoms with Gasteiger partial charge in [-0.15, -0.1) is 0 Å². The van der Waals surface area contributed by atoms with Crippen molar-refractivity contribution in [1.29, 1.82) is 0 Å². The van der Waals surface area contributed by atoms with E-state index in [9.17, 15) is 18.3 Å². The first kappa shape index (κ1) is 23.4. The Balaban J connectivity index is 1.83. The summed E-state index contributed by atoms with van der Waals surface area (Å²) in [6.07, 6.45) is -3.40. The van der Waals surface area contributed by atoms with Gasteiger partial charge in [0.15, 0.2) is 17.6 Å². The molecule has 4 nitrogen and oxygen atoms in total. The van der Waals surface area contributed by atoms with Crippen LogP contribution < -0.4 is 14.8 Å². The van der Waals surface area contributed by atoms with Gasteiger partial charge in [0.05, 0.1) is 28.8 Å². The Labute approximate surface area is 205 Å². The predicted molar refractivity (Wildman–Crippen MR) is 130 cm³/mol. The molecule has 35 heavy (non-hydrogen) atoms. The van der Waals surface area contributed by atoms with Gasteiger partial charge in [0.1, 0.15) is 5.75 Å². The fraction of sp³-hybridized carbons (Fsp3) is 0.259. The molecule has 2 N–H and O–H groups in total. The highest BCUT2D eigenvalue weighted by Gasteiger charge is 2.39. The fourth-order valence-electron chi connectivity index (χ4n) is 5.09. The Morgan fingerprint density at radius 3 is 2.51 bits per heavy atom. The standard InChI is InChI=1S/C27H23ClF3NO3/c1-13-12-26(2,3)32-18-8-6-15-22-20(10-9-19(33)25(22)34-4)35-24(23(15)21(13)18)14-5-7-17(28)16(11-14)27(29,30)31/h5-12,24,32-33H,1-4H3. The maximum absolute atomic E-state index is 13.7. The molecule has 0 saturated heterocycles. The molecule has 0 radical (unpaired) electrons. The molecular formula is C27H23ClF3NO3. The zero-order valence-electron chi connectivity index (χ0n) is 19.5. The molecule has 3 aromatic rings. The van der Waals surface area contributed by atoms with Crippen molar-refractivity contribution >= 4 is 22.9 Å². The van der Waals surface area contributed by atoms with E-state index >= 15 is 0 Å². The van der Waals surface area contributed by atoms with Gasteiger partial charge >= 0.3 is 6.18 Å². The number of halogens is 4. The Bertz CT molecular complexity index is 1400. The van der Waals surface area contributed by atoms with Crippen LogP contribution in [-0.2, 0) is 6.18 Å². The molecule has 0 amide bonds. The number of hydrogen-bond acceptors (Lipinski definition) is 4. The zero-order valence-corrected chi connectivity index (χ0v) is 20.2. The molecule has 182 valence electrons. The number of phenolic OH excluding ortho intramolecular Hbond substituents is 1. The van der Waals surface area contributed by atoms with Crippen LogP contribution in [0.3, 0.4) is 0 Å². The maximum Gasteiger partial charge on any atom is 0.417 e. The van der Waals surface area contributed by atoms with Crippen LogP contribution in [0.1, 0.15) is 49.1 Å². The predicted octanol–water partition coefficient (Wildman–Crippen LogP) is 7.83. The monoisotopic (exact) mass is 501 g/mol. The number of fused-ring (bicyclic) bond motifs is 5. The van der Waals surface area contributed by atoms with Gasteiger partial charge < -0.3 is 19.9 Å². The summed E-state index contributed by atoms with van der Waals surface area (Å²) in [5, 5.41) is 13.6. The van der Waals surface area contributed by atoms with E-state index < -0.39 is 17.8 Å². The van der Waals surface area contributed by atoms with E-state index in [0.29, 0.717) is 28.0 Å². The van der Waals surface area contributed by atoms with Crippen molar-refractivity contribution in [2.45, 2.75) is 38.6 Å². The highest BCUT2D eigenvalue weighted by molar-refractivity contribution is 6.31. The number of ether oxygens (including phenoxy) is 2. The van der Waals surface area contributed by atoms with Gasteiger partial charge in [0.2, 0.25) is 0 Å². The molecule has 8 heteroatoms. The van der Waals surface area contributed by atoms with Crippen molar-refractivity contribution in [3.63, 3.8) is 0 Å². The second kappa shape index (κ2) is 7.85. The number of nitrogens with one attached hydrogen (secondary N) is 1. The van der Waals surface area contributed by atoms with E-state index in [0.717, 1.165) is 22.9 Å². The lowest BCUT2D eigenvalue weighted by molar-refractivity contribution is -0.137. The highest BCUT2D eigenvalue weighted by Crippen LogP contribution is 2.55. The molecule has 2 aliphatic heterocycles. The maximum atomic E-state index is 13.7. The first-order valence-electron chi connectivity index (χ1n) is 11.0. The largest absolute Gasteiger partial charge is 0.504 e. The highest BCUT2D eigenvalue weighted by atomic mass is 35.5. The molecule has 5 rings (SSSR count). The summed E-state index contributed by atoms with van der Waals surface area (Å²) >= 11 is 5.90. The molecule has 0 bridgehead atoms. The lowest BCUT2D eigenvalue weighted by Crippen LogP contribution is -2.32. The van der Waals surface area contributed by atoms with Crippen LogP contribution in [0.15, 0.2) is 48.5 Å². The molecule has 1 atom stereocenters. The van der Waals surface area contributed by atoms with Crippen LogP contribution in [0.4, 0.5) is 18.9 Å². The summed E-state index contributed by atoms with van der Waals surface area (Å²) < 4.78 is 53.0. The number of methoxy groups -OCH3 is 1. The summed E-state index contributed by atoms with van der Waals surface area (Å²) in [7, 11) is 1.45. The van der Waals surface area contributed by atoms with Crippen molar-refractivity contribution < 1.29 is 27.8 Å². The molecule has 3 aromatic carbocycles. The number of allylic oxidation sites excluding steroid dienone is 1. The van der Waals surface area contributed by atoms with Crippen LogP contribution in [-0.4, -0.2) is 17.8 Å². The van der Waals surface area contributed by atoms with Crippen molar-refractivity contribution in [3.8, 4) is 28.4 Å². The van der Waals surface area contributed by atoms with Crippen molar-refractivity contribution in [2.75, 3.05) is 12.4 Å². The van der Waals surface area contributed by atoms with Crippen LogP contribution >= 0.6 is 11.6 Å². The van der Waals surface area contributed by atoms with Gasteiger partial charge in [0.25, 0.3) is 0 Å². The Kier molecular flexibility index (Phi) is 5.25. The third kappa shape index (κ3) is 3.78. The minimum atomic E-state index is -4.62. The van der Waals surface area contributed by atoms with E-state index in [2.05, 4.69) is 11.4 Å². The van der Waals surface area contributed by atoms with Gasteiger partial charge in [-0.3, -0.25) is 0 Å². The van der Waals surface area contributed by atoms with E-state index in [1.54, 1.807) is 12.1 Å². The van der Waals surface area contributed by atoms with Gasteiger partial charge in [-0.2, -0.15) is 13.2 Å². The molecule has 0 aliphatic carbocycles. The topological polar surface area (TPSA) is 50.7 Å². The number of hydrogen-bond donors (Lipinski definition) is 2. The summed E-state index contributed by atoms with van der Waals surface area (Å²) in [6, 6.07) is 10.7. The van der Waals surface area contributed by atoms with E-state index in [4.69, 9.17) is 21.1 Å². The lowest BCUT2D eigenvalue weighted by atomic mass is 9.80. The smallest absolute Gasteiger partial charge is 0.417 e. The Hall–Kier alpha value is -3.32. The first-order chi connectivity index (χ1) is 16.4. The number of anilines is 1. The molecule has 1 unspecified atom stereocenters. The molecule has 2 heterocycles. The average Bonchev–Trinajstić information content (AvgIpc) is 2.76. The summed E-state index contributed by atoms with van der Waals surface area (Å²) in [5.41, 5.74) is 3.66. The molecule has 0 fully saturated rings. The van der Waals surface area contributed by atoms with Crippen LogP contribution in [0.2, 0.25) is 5.02 Å². The van der Waals surface area contributed by atoms with Gasteiger partial charge in [-0.1, -0.05) is 29.8 Å². The molecule has 0 aromatic heterocycles. The zero-order chi connectivity index (χ0) is 25.3. The van der Waals surface area contributed by atoms with E-state index in [-0.39, 0.29) is 22.1 Å². The summed E-state index contributed by atoms with van der Waals surface area (Å²) in [5.74, 6) is 0.570. The first-order valence-corrected chi connectivity index (χ1v) is 11.4. The second-order valence-corrected chi connectivity index (χ2v) is 9.76. The average molecular weight is 502 g/mol. The molecule has 2 aliphatic rings. The SMILES string of the molecule is COc1c(O)ccc2c1-c1ccc3c(c1C(c1ccc(Cl)c(C(F)(F)F)c1)O2)C(C)=CC(C)(C)N3. The molecule has 0 spiro atoms. The number of rotatable bonds is 2. The summed E-state index contributed by atoms with van der Waals surface area (Å²) in [6.45, 7) is 6.05. The summed E-state index contributed by atoms with van der Waals surface area (Å²) in [4.78, 5) is 0. The molecular weight excluding hydrogens is 479 g/mol. The minimum Gasteiger partial charge on any atom is -0.504 e. The number of benzene rings is 3.